The molecule has 4 nitrogen and oxygen atoms in total. The number of para-hydroxylation sites is 1. The number of fused-ring (bicyclic) bond motifs is 1. The molecule has 2 fully saturated rings. The number of rotatable bonds is 4. The van der Waals surface area contributed by atoms with E-state index in [4.69, 9.17) is 4.74 Å². The number of hydrogen-bond donors (Lipinski definition) is 0. The zero-order valence-electron chi connectivity index (χ0n) is 16.5. The number of carbonyl (C=O) groups is 1. The predicted octanol–water partition coefficient (Wildman–Crippen LogP) is 4.96. The predicted molar refractivity (Wildman–Crippen MR) is 110 cm³/mol. The van der Waals surface area contributed by atoms with E-state index < -0.39 is 11.6 Å². The van der Waals surface area contributed by atoms with Gasteiger partial charge in [-0.05, 0) is 31.0 Å². The standard InChI is InChI=1S/C24H22F2N2O2/c25-20-13-23(30-18-7-9-28(10-8-18)24(29)15-5-6-15)21(26)12-19(20)17-11-16-3-1-2-4-22(16)27-14-17/h1-4,11-15,18H,5-10H2. The third kappa shape index (κ3) is 3.74. The van der Waals surface area contributed by atoms with E-state index in [1.54, 1.807) is 12.3 Å². The molecule has 1 saturated carbocycles. The van der Waals surface area contributed by atoms with Crippen LogP contribution in [0.5, 0.6) is 5.75 Å². The van der Waals surface area contributed by atoms with Crippen molar-refractivity contribution >= 4 is 16.8 Å². The van der Waals surface area contributed by atoms with Gasteiger partial charge in [0.1, 0.15) is 11.9 Å². The zero-order valence-corrected chi connectivity index (χ0v) is 16.5. The Kier molecular flexibility index (Phi) is 4.85. The summed E-state index contributed by atoms with van der Waals surface area (Å²) in [6.07, 6.45) is 4.53. The number of amides is 1. The average molecular weight is 408 g/mol. The van der Waals surface area contributed by atoms with Crippen molar-refractivity contribution < 1.29 is 18.3 Å². The highest BCUT2D eigenvalue weighted by molar-refractivity contribution is 5.83. The van der Waals surface area contributed by atoms with Crippen molar-refractivity contribution in [3.63, 3.8) is 0 Å². The molecule has 0 spiro atoms. The minimum absolute atomic E-state index is 0.0861. The molecule has 3 aromatic rings. The zero-order chi connectivity index (χ0) is 20.7. The van der Waals surface area contributed by atoms with Gasteiger partial charge in [-0.3, -0.25) is 9.78 Å². The second-order valence-corrected chi connectivity index (χ2v) is 8.10. The van der Waals surface area contributed by atoms with Crippen LogP contribution >= 0.6 is 0 Å². The van der Waals surface area contributed by atoms with Gasteiger partial charge in [0.2, 0.25) is 5.91 Å². The molecule has 154 valence electrons. The van der Waals surface area contributed by atoms with Crippen molar-refractivity contribution in [3.05, 3.63) is 60.3 Å². The van der Waals surface area contributed by atoms with Gasteiger partial charge < -0.3 is 9.64 Å². The molecule has 0 N–H and O–H groups in total. The third-order valence-electron chi connectivity index (χ3n) is 5.90. The SMILES string of the molecule is O=C(C1CC1)N1CCC(Oc2cc(F)c(-c3cnc4ccccc4c3)cc2F)CC1. The van der Waals surface area contributed by atoms with E-state index in [1.807, 2.05) is 29.2 Å². The molecule has 2 aromatic carbocycles. The molecule has 1 aromatic heterocycles. The van der Waals surface area contributed by atoms with Gasteiger partial charge >= 0.3 is 0 Å². The van der Waals surface area contributed by atoms with Crippen molar-refractivity contribution in [3.8, 4) is 16.9 Å². The largest absolute Gasteiger partial charge is 0.487 e. The molecule has 5 rings (SSSR count). The number of halogens is 2. The number of aromatic nitrogens is 1. The molecule has 30 heavy (non-hydrogen) atoms. The van der Waals surface area contributed by atoms with Crippen molar-refractivity contribution in [1.82, 2.24) is 9.88 Å². The first-order valence-corrected chi connectivity index (χ1v) is 10.4. The number of nitrogens with zero attached hydrogens (tertiary/aromatic N) is 2. The average Bonchev–Trinajstić information content (AvgIpc) is 3.61. The summed E-state index contributed by atoms with van der Waals surface area (Å²) in [6, 6.07) is 11.6. The number of pyridine rings is 1. The molecule has 1 aliphatic heterocycles. The van der Waals surface area contributed by atoms with Crippen LogP contribution < -0.4 is 4.74 Å². The van der Waals surface area contributed by atoms with Crippen LogP contribution in [0.2, 0.25) is 0 Å². The van der Waals surface area contributed by atoms with Crippen molar-refractivity contribution in [2.24, 2.45) is 5.92 Å². The van der Waals surface area contributed by atoms with E-state index in [9.17, 15) is 13.6 Å². The summed E-state index contributed by atoms with van der Waals surface area (Å²) in [7, 11) is 0. The maximum Gasteiger partial charge on any atom is 0.225 e. The second kappa shape index (κ2) is 7.67. The van der Waals surface area contributed by atoms with Crippen LogP contribution in [0.4, 0.5) is 8.78 Å². The molecule has 2 aliphatic rings. The maximum atomic E-state index is 14.8. The molecule has 1 saturated heterocycles. The fraction of sp³-hybridized carbons (Fsp3) is 0.333. The molecule has 2 heterocycles. The first kappa shape index (κ1) is 19.0. The summed E-state index contributed by atoms with van der Waals surface area (Å²) in [5.41, 5.74) is 1.47. The fourth-order valence-corrected chi connectivity index (χ4v) is 4.02. The van der Waals surface area contributed by atoms with Gasteiger partial charge in [0.05, 0.1) is 5.52 Å². The summed E-state index contributed by atoms with van der Waals surface area (Å²) in [5, 5.41) is 0.864. The van der Waals surface area contributed by atoms with Crippen LogP contribution in [0.3, 0.4) is 0 Å². The summed E-state index contributed by atoms with van der Waals surface area (Å²) in [6.45, 7) is 1.20. The van der Waals surface area contributed by atoms with Crippen molar-refractivity contribution in [2.75, 3.05) is 13.1 Å². The highest BCUT2D eigenvalue weighted by Gasteiger charge is 2.35. The van der Waals surface area contributed by atoms with Gasteiger partial charge in [-0.2, -0.15) is 0 Å². The molecule has 6 heteroatoms. The number of likely N-dealkylation sites (tertiary alicyclic amines) is 1. The molecule has 0 radical (unpaired) electrons. The smallest absolute Gasteiger partial charge is 0.225 e. The highest BCUT2D eigenvalue weighted by atomic mass is 19.1. The summed E-state index contributed by atoms with van der Waals surface area (Å²) < 4.78 is 35.3. The summed E-state index contributed by atoms with van der Waals surface area (Å²) >= 11 is 0. The van der Waals surface area contributed by atoms with Crippen LogP contribution in [0, 0.1) is 17.6 Å². The van der Waals surface area contributed by atoms with Crippen LogP contribution in [0.15, 0.2) is 48.7 Å². The monoisotopic (exact) mass is 408 g/mol. The summed E-state index contributed by atoms with van der Waals surface area (Å²) in [5.74, 6) is -0.817. The normalized spacial score (nSPS) is 17.3. The lowest BCUT2D eigenvalue weighted by Crippen LogP contribution is -2.42. The lowest BCUT2D eigenvalue weighted by Gasteiger charge is -2.32. The Balaban J connectivity index is 1.31. The van der Waals surface area contributed by atoms with E-state index in [1.165, 1.54) is 6.07 Å². The van der Waals surface area contributed by atoms with Gasteiger partial charge in [0.25, 0.3) is 0 Å². The maximum absolute atomic E-state index is 14.8. The molecule has 0 unspecified atom stereocenters. The van der Waals surface area contributed by atoms with E-state index in [0.717, 1.165) is 29.8 Å². The van der Waals surface area contributed by atoms with Crippen LogP contribution in [0.1, 0.15) is 25.7 Å². The highest BCUT2D eigenvalue weighted by Crippen LogP contribution is 2.34. The molecule has 1 amide bonds. The second-order valence-electron chi connectivity index (χ2n) is 8.10. The van der Waals surface area contributed by atoms with Gasteiger partial charge in [-0.1, -0.05) is 18.2 Å². The van der Waals surface area contributed by atoms with E-state index in [0.29, 0.717) is 31.5 Å². The Hall–Kier alpha value is -3.02. The minimum atomic E-state index is -0.601. The Morgan fingerprint density at radius 1 is 1.00 bits per heavy atom. The van der Waals surface area contributed by atoms with E-state index in [-0.39, 0.29) is 29.2 Å². The number of piperidine rings is 1. The fourth-order valence-electron chi connectivity index (χ4n) is 4.02. The first-order valence-electron chi connectivity index (χ1n) is 10.4. The Bertz CT molecular complexity index is 1110. The van der Waals surface area contributed by atoms with Crippen LogP contribution in [-0.4, -0.2) is 35.0 Å². The van der Waals surface area contributed by atoms with Gasteiger partial charge in [-0.15, -0.1) is 0 Å². The quantitative estimate of drug-likeness (QED) is 0.613. The van der Waals surface area contributed by atoms with Gasteiger partial charge in [0, 0.05) is 60.6 Å². The van der Waals surface area contributed by atoms with Gasteiger partial charge in [0.15, 0.2) is 11.6 Å². The topological polar surface area (TPSA) is 42.4 Å². The lowest BCUT2D eigenvalue weighted by atomic mass is 10.0. The minimum Gasteiger partial charge on any atom is -0.487 e. The number of hydrogen-bond acceptors (Lipinski definition) is 3. The van der Waals surface area contributed by atoms with Gasteiger partial charge in [-0.25, -0.2) is 8.78 Å². The van der Waals surface area contributed by atoms with Crippen LogP contribution in [-0.2, 0) is 4.79 Å². The van der Waals surface area contributed by atoms with E-state index in [2.05, 4.69) is 4.98 Å². The van der Waals surface area contributed by atoms with Crippen molar-refractivity contribution in [2.45, 2.75) is 31.8 Å². The Labute approximate surface area is 173 Å². The van der Waals surface area contributed by atoms with Crippen molar-refractivity contribution in [1.29, 1.82) is 0 Å². The molecule has 0 bridgehead atoms. The summed E-state index contributed by atoms with van der Waals surface area (Å²) in [4.78, 5) is 18.3. The van der Waals surface area contributed by atoms with Crippen LogP contribution in [0.25, 0.3) is 22.0 Å². The third-order valence-corrected chi connectivity index (χ3v) is 5.90. The van der Waals surface area contributed by atoms with E-state index >= 15 is 0 Å². The number of benzene rings is 2. The number of ether oxygens (including phenoxy) is 1. The molecular weight excluding hydrogens is 386 g/mol. The molecule has 1 aliphatic carbocycles. The lowest BCUT2D eigenvalue weighted by molar-refractivity contribution is -0.134. The first-order chi connectivity index (χ1) is 14.6. The molecule has 0 atom stereocenters. The molecular formula is C24H22F2N2O2. The Morgan fingerprint density at radius 2 is 1.77 bits per heavy atom. The number of carbonyl (C=O) groups excluding carboxylic acids is 1. The Morgan fingerprint density at radius 3 is 2.53 bits per heavy atom.